The first kappa shape index (κ1) is 15.0. The lowest BCUT2D eigenvalue weighted by molar-refractivity contribution is -0.111. The zero-order valence-corrected chi connectivity index (χ0v) is 13.5. The number of carbonyl (C=O) groups excluding carboxylic acids is 1. The molecule has 0 saturated carbocycles. The highest BCUT2D eigenvalue weighted by atomic mass is 32.1. The summed E-state index contributed by atoms with van der Waals surface area (Å²) in [6.07, 6.45) is 2.87. The molecule has 1 amide bonds. The molecule has 23 heavy (non-hydrogen) atoms. The van der Waals surface area contributed by atoms with Crippen molar-refractivity contribution in [2.24, 2.45) is 0 Å². The van der Waals surface area contributed by atoms with Gasteiger partial charge in [-0.25, -0.2) is 19.6 Å². The average Bonchev–Trinajstić information content (AvgIpc) is 3.16. The van der Waals surface area contributed by atoms with Crippen LogP contribution in [0.2, 0.25) is 0 Å². The van der Waals surface area contributed by atoms with E-state index in [9.17, 15) is 4.79 Å². The SMILES string of the molecule is C=CC(=O)Nc1cc(-n2nc(C)cc2C)nc(-c2nccs2)n1. The third-order valence-corrected chi connectivity index (χ3v) is 3.77. The van der Waals surface area contributed by atoms with Crippen LogP contribution in [0.1, 0.15) is 11.4 Å². The number of aryl methyl sites for hydroxylation is 2. The summed E-state index contributed by atoms with van der Waals surface area (Å²) < 4.78 is 1.71. The second-order valence-electron chi connectivity index (χ2n) is 4.80. The Labute approximate surface area is 136 Å². The molecule has 0 spiro atoms. The second-order valence-corrected chi connectivity index (χ2v) is 5.70. The molecule has 0 aliphatic carbocycles. The van der Waals surface area contributed by atoms with Crippen LogP contribution in [-0.4, -0.2) is 30.6 Å². The summed E-state index contributed by atoms with van der Waals surface area (Å²) in [6, 6.07) is 3.62. The van der Waals surface area contributed by atoms with E-state index < -0.39 is 0 Å². The lowest BCUT2D eigenvalue weighted by Crippen LogP contribution is -2.12. The molecular weight excluding hydrogens is 312 g/mol. The first-order chi connectivity index (χ1) is 11.1. The van der Waals surface area contributed by atoms with Crippen molar-refractivity contribution in [2.45, 2.75) is 13.8 Å². The highest BCUT2D eigenvalue weighted by Gasteiger charge is 2.13. The Morgan fingerprint density at radius 2 is 2.17 bits per heavy atom. The van der Waals surface area contributed by atoms with Crippen LogP contribution >= 0.6 is 11.3 Å². The molecule has 0 aromatic carbocycles. The molecule has 1 N–H and O–H groups in total. The summed E-state index contributed by atoms with van der Waals surface area (Å²) in [5.41, 5.74) is 1.82. The summed E-state index contributed by atoms with van der Waals surface area (Å²) in [4.78, 5) is 24.6. The minimum absolute atomic E-state index is 0.340. The van der Waals surface area contributed by atoms with Gasteiger partial charge < -0.3 is 5.32 Å². The van der Waals surface area contributed by atoms with Gasteiger partial charge in [0.05, 0.1) is 5.69 Å². The van der Waals surface area contributed by atoms with E-state index in [0.29, 0.717) is 22.5 Å². The van der Waals surface area contributed by atoms with Crippen molar-refractivity contribution < 1.29 is 4.79 Å². The van der Waals surface area contributed by atoms with Crippen molar-refractivity contribution >= 4 is 23.1 Å². The topological polar surface area (TPSA) is 85.6 Å². The number of nitrogens with one attached hydrogen (secondary N) is 1. The van der Waals surface area contributed by atoms with E-state index in [0.717, 1.165) is 11.4 Å². The average molecular weight is 326 g/mol. The highest BCUT2D eigenvalue weighted by Crippen LogP contribution is 2.22. The number of thiazole rings is 1. The molecule has 116 valence electrons. The van der Waals surface area contributed by atoms with E-state index in [1.54, 1.807) is 16.9 Å². The second kappa shape index (κ2) is 6.09. The molecule has 3 rings (SSSR count). The Morgan fingerprint density at radius 1 is 1.35 bits per heavy atom. The monoisotopic (exact) mass is 326 g/mol. The quantitative estimate of drug-likeness (QED) is 0.745. The number of nitrogens with zero attached hydrogens (tertiary/aromatic N) is 5. The molecule has 0 saturated heterocycles. The van der Waals surface area contributed by atoms with Crippen molar-refractivity contribution in [1.29, 1.82) is 0 Å². The maximum Gasteiger partial charge on any atom is 0.248 e. The van der Waals surface area contributed by atoms with E-state index in [2.05, 4.69) is 31.9 Å². The van der Waals surface area contributed by atoms with Gasteiger partial charge in [0.1, 0.15) is 5.82 Å². The van der Waals surface area contributed by atoms with Crippen LogP contribution in [0, 0.1) is 13.8 Å². The van der Waals surface area contributed by atoms with Crippen molar-refractivity contribution in [3.8, 4) is 16.6 Å². The molecule has 0 atom stereocenters. The Hall–Kier alpha value is -2.87. The van der Waals surface area contributed by atoms with E-state index in [1.807, 2.05) is 25.3 Å². The summed E-state index contributed by atoms with van der Waals surface area (Å²) in [5, 5.41) is 9.59. The van der Waals surface area contributed by atoms with Crippen molar-refractivity contribution in [2.75, 3.05) is 5.32 Å². The minimum atomic E-state index is -0.340. The number of anilines is 1. The molecule has 0 fully saturated rings. The maximum absolute atomic E-state index is 11.6. The van der Waals surface area contributed by atoms with Gasteiger partial charge in [0.2, 0.25) is 5.91 Å². The Bertz CT molecular complexity index is 868. The summed E-state index contributed by atoms with van der Waals surface area (Å²) >= 11 is 1.42. The van der Waals surface area contributed by atoms with Gasteiger partial charge >= 0.3 is 0 Å². The van der Waals surface area contributed by atoms with E-state index in [-0.39, 0.29) is 5.91 Å². The van der Waals surface area contributed by atoms with Gasteiger partial charge in [0.15, 0.2) is 16.6 Å². The van der Waals surface area contributed by atoms with Gasteiger partial charge in [-0.3, -0.25) is 4.79 Å². The van der Waals surface area contributed by atoms with E-state index in [1.165, 1.54) is 17.4 Å². The standard InChI is InChI=1S/C15H14N6OS/c1-4-13(22)17-11-8-12(21-10(3)7-9(2)20-21)19-14(18-11)15-16-5-6-23-15/h4-8H,1H2,2-3H3,(H,17,18,19,22). The largest absolute Gasteiger partial charge is 0.307 e. The van der Waals surface area contributed by atoms with Gasteiger partial charge in [-0.1, -0.05) is 6.58 Å². The van der Waals surface area contributed by atoms with Crippen LogP contribution in [0.5, 0.6) is 0 Å². The Balaban J connectivity index is 2.13. The normalized spacial score (nSPS) is 10.5. The van der Waals surface area contributed by atoms with Crippen LogP contribution in [0.25, 0.3) is 16.6 Å². The van der Waals surface area contributed by atoms with Crippen LogP contribution < -0.4 is 5.32 Å². The molecule has 3 aromatic heterocycles. The molecule has 0 bridgehead atoms. The van der Waals surface area contributed by atoms with Gasteiger partial charge in [0, 0.05) is 23.3 Å². The molecule has 3 heterocycles. The first-order valence-electron chi connectivity index (χ1n) is 6.83. The Morgan fingerprint density at radius 3 is 2.78 bits per heavy atom. The molecule has 3 aromatic rings. The molecule has 0 radical (unpaired) electrons. The lowest BCUT2D eigenvalue weighted by Gasteiger charge is -2.08. The van der Waals surface area contributed by atoms with Gasteiger partial charge in [-0.05, 0) is 26.0 Å². The smallest absolute Gasteiger partial charge is 0.248 e. The molecule has 7 nitrogen and oxygen atoms in total. The van der Waals surface area contributed by atoms with Crippen LogP contribution in [0.3, 0.4) is 0 Å². The highest BCUT2D eigenvalue weighted by molar-refractivity contribution is 7.13. The molecule has 8 heteroatoms. The van der Waals surface area contributed by atoms with Gasteiger partial charge in [-0.2, -0.15) is 5.10 Å². The molecule has 0 unspecified atom stereocenters. The van der Waals surface area contributed by atoms with Crippen molar-refractivity contribution in [3.63, 3.8) is 0 Å². The van der Waals surface area contributed by atoms with E-state index >= 15 is 0 Å². The third kappa shape index (κ3) is 3.16. The van der Waals surface area contributed by atoms with Crippen molar-refractivity contribution in [3.05, 3.63) is 47.8 Å². The minimum Gasteiger partial charge on any atom is -0.307 e. The number of hydrogen-bond donors (Lipinski definition) is 1. The third-order valence-electron chi connectivity index (χ3n) is 3.00. The number of rotatable bonds is 4. The van der Waals surface area contributed by atoms with Crippen LogP contribution in [0.15, 0.2) is 36.4 Å². The fraction of sp³-hybridized carbons (Fsp3) is 0.133. The molecule has 0 aliphatic rings. The van der Waals surface area contributed by atoms with Crippen molar-refractivity contribution in [1.82, 2.24) is 24.7 Å². The zero-order valence-electron chi connectivity index (χ0n) is 12.6. The molecule has 0 aliphatic heterocycles. The predicted molar refractivity (Wildman–Crippen MR) is 88.6 cm³/mol. The number of carbonyl (C=O) groups is 1. The van der Waals surface area contributed by atoms with Crippen LogP contribution in [0.4, 0.5) is 5.82 Å². The lowest BCUT2D eigenvalue weighted by atomic mass is 10.4. The van der Waals surface area contributed by atoms with Gasteiger partial charge in [0.25, 0.3) is 0 Å². The fourth-order valence-corrected chi connectivity index (χ4v) is 2.64. The van der Waals surface area contributed by atoms with E-state index in [4.69, 9.17) is 0 Å². The fourth-order valence-electron chi connectivity index (χ4n) is 2.07. The summed E-state index contributed by atoms with van der Waals surface area (Å²) in [7, 11) is 0. The Kier molecular flexibility index (Phi) is 3.98. The van der Waals surface area contributed by atoms with Crippen LogP contribution in [-0.2, 0) is 4.79 Å². The van der Waals surface area contributed by atoms with Gasteiger partial charge in [-0.15, -0.1) is 11.3 Å². The summed E-state index contributed by atoms with van der Waals surface area (Å²) in [5.74, 6) is 1.03. The maximum atomic E-state index is 11.6. The number of aromatic nitrogens is 5. The first-order valence-corrected chi connectivity index (χ1v) is 7.71. The molecular formula is C15H14N6OS. The summed E-state index contributed by atoms with van der Waals surface area (Å²) in [6.45, 7) is 7.29. The number of amides is 1. The predicted octanol–water partition coefficient (Wildman–Crippen LogP) is 2.53. The number of hydrogen-bond acceptors (Lipinski definition) is 6. The zero-order chi connectivity index (χ0) is 16.4.